The Balaban J connectivity index is 2.01. The van der Waals surface area contributed by atoms with Gasteiger partial charge >= 0.3 is 0 Å². The monoisotopic (exact) mass is 555 g/mol. The van der Waals surface area contributed by atoms with Crippen LogP contribution < -0.4 is 14.4 Å². The normalized spacial score (nSPS) is 11.9. The third-order valence-corrected chi connectivity index (χ3v) is 7.85. The highest BCUT2D eigenvalue weighted by Crippen LogP contribution is 2.26. The highest BCUT2D eigenvalue weighted by Gasteiger charge is 2.32. The molecule has 39 heavy (non-hydrogen) atoms. The zero-order valence-electron chi connectivity index (χ0n) is 22.3. The topological polar surface area (TPSA) is 96.0 Å². The summed E-state index contributed by atoms with van der Waals surface area (Å²) in [4.78, 5) is 27.9. The number of halogens is 1. The van der Waals surface area contributed by atoms with E-state index in [-0.39, 0.29) is 22.7 Å². The molecule has 3 rings (SSSR count). The summed E-state index contributed by atoms with van der Waals surface area (Å²) >= 11 is 0. The number of nitrogens with one attached hydrogen (secondary N) is 1. The van der Waals surface area contributed by atoms with Crippen molar-refractivity contribution in [1.82, 2.24) is 10.2 Å². The van der Waals surface area contributed by atoms with E-state index in [4.69, 9.17) is 4.74 Å². The lowest BCUT2D eigenvalue weighted by Crippen LogP contribution is -2.51. The van der Waals surface area contributed by atoms with E-state index in [1.807, 2.05) is 13.8 Å². The summed E-state index contributed by atoms with van der Waals surface area (Å²) in [5.41, 5.74) is 0.448. The van der Waals surface area contributed by atoms with Crippen LogP contribution in [0.5, 0.6) is 5.75 Å². The molecule has 0 heterocycles. The van der Waals surface area contributed by atoms with Gasteiger partial charge in [-0.05, 0) is 62.7 Å². The Hall–Kier alpha value is -3.92. The number of rotatable bonds is 13. The van der Waals surface area contributed by atoms with Gasteiger partial charge in [0, 0.05) is 18.7 Å². The van der Waals surface area contributed by atoms with Crippen molar-refractivity contribution in [2.45, 2.75) is 44.7 Å². The number of benzene rings is 3. The van der Waals surface area contributed by atoms with Crippen molar-refractivity contribution in [1.29, 1.82) is 0 Å². The molecular formula is C29H34FN3O5S. The lowest BCUT2D eigenvalue weighted by Gasteiger charge is -2.32. The first-order valence-electron chi connectivity index (χ1n) is 12.8. The SMILES string of the molecule is CCCNC(=O)[C@@H](C)N(Cc1ccccc1F)C(=O)CN(c1ccc(OCC)cc1)S(=O)(=O)c1ccccc1. The maximum atomic E-state index is 14.6. The first kappa shape index (κ1) is 29.6. The predicted molar refractivity (Wildman–Crippen MR) is 148 cm³/mol. The summed E-state index contributed by atoms with van der Waals surface area (Å²) in [5.74, 6) is -1.06. The molecule has 208 valence electrons. The van der Waals surface area contributed by atoms with Crippen LogP contribution in [0.25, 0.3) is 0 Å². The molecule has 0 aliphatic rings. The molecule has 8 nitrogen and oxygen atoms in total. The van der Waals surface area contributed by atoms with Gasteiger partial charge < -0.3 is 15.0 Å². The Labute approximate surface area is 229 Å². The maximum Gasteiger partial charge on any atom is 0.264 e. The number of ether oxygens (including phenoxy) is 1. The van der Waals surface area contributed by atoms with Crippen LogP contribution in [-0.4, -0.2) is 50.9 Å². The quantitative estimate of drug-likeness (QED) is 0.338. The third-order valence-electron chi connectivity index (χ3n) is 6.06. The third kappa shape index (κ3) is 7.57. The molecule has 0 aliphatic heterocycles. The zero-order valence-corrected chi connectivity index (χ0v) is 23.2. The van der Waals surface area contributed by atoms with Crippen molar-refractivity contribution < 1.29 is 27.1 Å². The molecule has 0 bridgehead atoms. The second-order valence-corrected chi connectivity index (χ2v) is 10.7. The minimum atomic E-state index is -4.18. The summed E-state index contributed by atoms with van der Waals surface area (Å²) < 4.78 is 48.5. The highest BCUT2D eigenvalue weighted by molar-refractivity contribution is 7.92. The smallest absolute Gasteiger partial charge is 0.264 e. The van der Waals surface area contributed by atoms with Crippen molar-refractivity contribution in [3.63, 3.8) is 0 Å². The number of nitrogens with zero attached hydrogens (tertiary/aromatic N) is 2. The van der Waals surface area contributed by atoms with Crippen molar-refractivity contribution in [3.05, 3.63) is 90.2 Å². The molecule has 0 spiro atoms. The fraction of sp³-hybridized carbons (Fsp3) is 0.310. The molecule has 0 aliphatic carbocycles. The average molecular weight is 556 g/mol. The fourth-order valence-corrected chi connectivity index (χ4v) is 5.35. The standard InChI is InChI=1S/C29H34FN3O5S/c1-4-19-31-29(35)22(3)32(20-23-11-9-10-14-27(23)30)28(34)21-33(24-15-17-25(18-16-24)38-5-2)39(36,37)26-12-7-6-8-13-26/h6-18,22H,4-5,19-21H2,1-3H3,(H,31,35)/t22-/m1/s1. The first-order valence-corrected chi connectivity index (χ1v) is 14.2. The molecule has 0 fully saturated rings. The Bertz CT molecular complexity index is 1350. The average Bonchev–Trinajstić information content (AvgIpc) is 2.94. The lowest BCUT2D eigenvalue weighted by atomic mass is 10.1. The van der Waals surface area contributed by atoms with Crippen LogP contribution in [0.4, 0.5) is 10.1 Å². The van der Waals surface area contributed by atoms with E-state index >= 15 is 0 Å². The molecule has 10 heteroatoms. The van der Waals surface area contributed by atoms with Gasteiger partial charge in [0.05, 0.1) is 17.2 Å². The molecular weight excluding hydrogens is 521 g/mol. The van der Waals surface area contributed by atoms with Crippen LogP contribution >= 0.6 is 0 Å². The highest BCUT2D eigenvalue weighted by atomic mass is 32.2. The largest absolute Gasteiger partial charge is 0.494 e. The van der Waals surface area contributed by atoms with Crippen LogP contribution in [-0.2, 0) is 26.2 Å². The maximum absolute atomic E-state index is 14.6. The molecule has 0 aromatic heterocycles. The fourth-order valence-electron chi connectivity index (χ4n) is 3.91. The van der Waals surface area contributed by atoms with Crippen LogP contribution in [0.1, 0.15) is 32.8 Å². The van der Waals surface area contributed by atoms with Crippen LogP contribution in [0.2, 0.25) is 0 Å². The van der Waals surface area contributed by atoms with Crippen LogP contribution in [0.3, 0.4) is 0 Å². The second-order valence-electron chi connectivity index (χ2n) is 8.83. The molecule has 0 saturated heterocycles. The van der Waals surface area contributed by atoms with Gasteiger partial charge in [0.25, 0.3) is 10.0 Å². The number of carbonyl (C=O) groups is 2. The van der Waals surface area contributed by atoms with Crippen LogP contribution in [0, 0.1) is 5.82 Å². The molecule has 3 aromatic rings. The Kier molecular flexibility index (Phi) is 10.4. The minimum Gasteiger partial charge on any atom is -0.494 e. The van der Waals surface area contributed by atoms with Crippen molar-refractivity contribution in [2.24, 2.45) is 0 Å². The number of hydrogen-bond donors (Lipinski definition) is 1. The Morgan fingerprint density at radius 2 is 1.59 bits per heavy atom. The molecule has 0 saturated carbocycles. The molecule has 3 aromatic carbocycles. The summed E-state index contributed by atoms with van der Waals surface area (Å²) in [6.45, 7) is 5.30. The number of anilines is 1. The summed E-state index contributed by atoms with van der Waals surface area (Å²) in [7, 11) is -4.18. The minimum absolute atomic E-state index is 0.000996. The number of hydrogen-bond acceptors (Lipinski definition) is 5. The summed E-state index contributed by atoms with van der Waals surface area (Å²) in [6.07, 6.45) is 0.695. The van der Waals surface area contributed by atoms with Crippen molar-refractivity contribution in [2.75, 3.05) is 24.0 Å². The van der Waals surface area contributed by atoms with Crippen molar-refractivity contribution in [3.8, 4) is 5.75 Å². The van der Waals surface area contributed by atoms with E-state index in [2.05, 4.69) is 5.32 Å². The van der Waals surface area contributed by atoms with Gasteiger partial charge in [-0.3, -0.25) is 13.9 Å². The number of sulfonamides is 1. The van der Waals surface area contributed by atoms with Gasteiger partial charge in [-0.15, -0.1) is 0 Å². The summed E-state index contributed by atoms with van der Waals surface area (Å²) in [6, 6.07) is 19.1. The van der Waals surface area contributed by atoms with E-state index < -0.39 is 40.2 Å². The van der Waals surface area contributed by atoms with E-state index in [9.17, 15) is 22.4 Å². The Morgan fingerprint density at radius 1 is 0.949 bits per heavy atom. The zero-order chi connectivity index (χ0) is 28.4. The number of carbonyl (C=O) groups excluding carboxylic acids is 2. The summed E-state index contributed by atoms with van der Waals surface area (Å²) in [5, 5.41) is 2.75. The van der Waals surface area contributed by atoms with Gasteiger partial charge in [0.15, 0.2) is 0 Å². The molecule has 1 atom stereocenters. The van der Waals surface area contributed by atoms with E-state index in [1.165, 1.54) is 42.2 Å². The predicted octanol–water partition coefficient (Wildman–Crippen LogP) is 4.36. The first-order chi connectivity index (χ1) is 18.7. The molecule has 0 unspecified atom stereocenters. The Morgan fingerprint density at radius 3 is 2.21 bits per heavy atom. The van der Waals surface area contributed by atoms with E-state index in [0.717, 1.165) is 4.31 Å². The molecule has 2 amide bonds. The van der Waals surface area contributed by atoms with Gasteiger partial charge in [-0.2, -0.15) is 0 Å². The molecule has 1 N–H and O–H groups in total. The van der Waals surface area contributed by atoms with E-state index in [1.54, 1.807) is 48.5 Å². The van der Waals surface area contributed by atoms with Crippen molar-refractivity contribution >= 4 is 27.5 Å². The van der Waals surface area contributed by atoms with Gasteiger partial charge in [-0.25, -0.2) is 12.8 Å². The van der Waals surface area contributed by atoms with Gasteiger partial charge in [-0.1, -0.05) is 43.3 Å². The number of amides is 2. The second kappa shape index (κ2) is 13.7. The lowest BCUT2D eigenvalue weighted by molar-refractivity contribution is -0.139. The van der Waals surface area contributed by atoms with Crippen LogP contribution in [0.15, 0.2) is 83.8 Å². The molecule has 0 radical (unpaired) electrons. The van der Waals surface area contributed by atoms with Gasteiger partial charge in [0.1, 0.15) is 24.2 Å². The van der Waals surface area contributed by atoms with E-state index in [0.29, 0.717) is 25.3 Å². The van der Waals surface area contributed by atoms with Gasteiger partial charge in [0.2, 0.25) is 11.8 Å².